The number of benzene rings is 2. The third-order valence-electron chi connectivity index (χ3n) is 9.54. The summed E-state index contributed by atoms with van der Waals surface area (Å²) >= 11 is 1.52. The monoisotopic (exact) mass is 664 g/mol. The first-order chi connectivity index (χ1) is 23.3. The number of carbonyl (C=O) groups excluding carboxylic acids is 2. The molecule has 48 heavy (non-hydrogen) atoms. The van der Waals surface area contributed by atoms with Gasteiger partial charge in [-0.1, -0.05) is 0 Å². The Morgan fingerprint density at radius 3 is 2.58 bits per heavy atom. The number of nitrogens with one attached hydrogen (secondary N) is 1. The van der Waals surface area contributed by atoms with Crippen LogP contribution in [0.25, 0.3) is 21.1 Å². The van der Waals surface area contributed by atoms with E-state index in [1.807, 2.05) is 19.1 Å². The molecule has 1 N–H and O–H groups in total. The molecule has 5 aromatic rings. The zero-order valence-corrected chi connectivity index (χ0v) is 27.4. The van der Waals surface area contributed by atoms with Gasteiger partial charge in [0.15, 0.2) is 5.82 Å². The summed E-state index contributed by atoms with van der Waals surface area (Å²) in [7, 11) is 1.78. The normalized spacial score (nSPS) is 16.6. The predicted octanol–water partition coefficient (Wildman–Crippen LogP) is 5.52. The Kier molecular flexibility index (Phi) is 7.52. The molecule has 0 radical (unpaired) electrons. The lowest BCUT2D eigenvalue weighted by molar-refractivity contribution is -0.000510. The largest absolute Gasteiger partial charge is 0.381 e. The second-order valence-corrected chi connectivity index (χ2v) is 13.9. The highest BCUT2D eigenvalue weighted by atomic mass is 32.1. The molecule has 2 saturated heterocycles. The van der Waals surface area contributed by atoms with Crippen LogP contribution in [0.15, 0.2) is 60.8 Å². The van der Waals surface area contributed by atoms with Gasteiger partial charge in [0, 0.05) is 73.2 Å². The number of halogens is 1. The van der Waals surface area contributed by atoms with Crippen LogP contribution in [0.2, 0.25) is 0 Å². The summed E-state index contributed by atoms with van der Waals surface area (Å²) in [6.45, 7) is 5.57. The number of thiophene rings is 1. The summed E-state index contributed by atoms with van der Waals surface area (Å²) < 4.78 is 21.8. The van der Waals surface area contributed by atoms with Crippen LogP contribution in [0.1, 0.15) is 44.7 Å². The number of anilines is 3. The van der Waals surface area contributed by atoms with E-state index in [9.17, 15) is 14.0 Å². The molecule has 244 valence electrons. The second-order valence-electron chi connectivity index (χ2n) is 12.8. The molecule has 3 aliphatic heterocycles. The average Bonchev–Trinajstić information content (AvgIpc) is 3.67. The van der Waals surface area contributed by atoms with Gasteiger partial charge in [0.05, 0.1) is 16.1 Å². The standard InChI is InChI=1S/C35H33FN8O3S/c1-21-15-27(31(37-18-21)43-19-35(20-43)10-13-47-14-11-35)33(45)38-25-6-3-22(4-7-25)34(46)44-12-9-23-16-29(32-39-40-41-42(32)2)48-30(23)26-8-5-24(36)17-28(26)44/h3-8,15-18H,9-14,19-20H2,1-2H3,(H,38,45). The highest BCUT2D eigenvalue weighted by molar-refractivity contribution is 7.19. The van der Waals surface area contributed by atoms with Crippen molar-refractivity contribution in [1.82, 2.24) is 25.2 Å². The SMILES string of the molecule is Cc1cnc(N2CC3(CCOCC3)C2)c(C(=O)Nc2ccc(C(=O)N3CCc4cc(-c5nnnn5C)sc4-c4ccc(F)cc43)cc2)c1. The van der Waals surface area contributed by atoms with Crippen LogP contribution in [-0.4, -0.2) is 69.9 Å². The van der Waals surface area contributed by atoms with Crippen molar-refractivity contribution >= 4 is 40.3 Å². The number of tetrazole rings is 1. The molecule has 0 aliphatic carbocycles. The van der Waals surface area contributed by atoms with Crippen LogP contribution < -0.4 is 15.1 Å². The summed E-state index contributed by atoms with van der Waals surface area (Å²) in [5.74, 6) is 0.400. The van der Waals surface area contributed by atoms with E-state index in [1.54, 1.807) is 53.2 Å². The van der Waals surface area contributed by atoms with Crippen LogP contribution >= 0.6 is 11.3 Å². The van der Waals surface area contributed by atoms with Crippen molar-refractivity contribution in [2.45, 2.75) is 26.2 Å². The van der Waals surface area contributed by atoms with Crippen molar-refractivity contribution in [1.29, 1.82) is 0 Å². The molecule has 13 heteroatoms. The number of pyridine rings is 1. The van der Waals surface area contributed by atoms with Crippen LogP contribution in [0.3, 0.4) is 0 Å². The molecule has 0 bridgehead atoms. The molecule has 0 saturated carbocycles. The van der Waals surface area contributed by atoms with Crippen molar-refractivity contribution in [2.75, 3.05) is 48.0 Å². The summed E-state index contributed by atoms with van der Waals surface area (Å²) in [6.07, 6.45) is 4.42. The Hall–Kier alpha value is -5.01. The quantitative estimate of drug-likeness (QED) is 0.261. The Morgan fingerprint density at radius 2 is 1.83 bits per heavy atom. The first-order valence-electron chi connectivity index (χ1n) is 15.9. The maximum absolute atomic E-state index is 14.6. The highest BCUT2D eigenvalue weighted by Crippen LogP contribution is 2.45. The van der Waals surface area contributed by atoms with Gasteiger partial charge in [-0.15, -0.1) is 16.4 Å². The molecule has 11 nitrogen and oxygen atoms in total. The second kappa shape index (κ2) is 11.9. The number of carbonyl (C=O) groups is 2. The molecule has 2 fully saturated rings. The van der Waals surface area contributed by atoms with Gasteiger partial charge in [-0.05, 0) is 102 Å². The number of aryl methyl sites for hydroxylation is 2. The molecule has 0 unspecified atom stereocenters. The van der Waals surface area contributed by atoms with Crippen molar-refractivity contribution in [3.8, 4) is 21.1 Å². The van der Waals surface area contributed by atoms with E-state index in [0.717, 1.165) is 65.6 Å². The molecule has 0 atom stereocenters. The predicted molar refractivity (Wildman–Crippen MR) is 181 cm³/mol. The zero-order chi connectivity index (χ0) is 33.0. The molecular formula is C35H33FN8O3S. The fraction of sp³-hybridized carbons (Fsp3) is 0.314. The molecule has 2 aromatic carbocycles. The van der Waals surface area contributed by atoms with Crippen LogP contribution in [0, 0.1) is 18.2 Å². The molecule has 3 aromatic heterocycles. The van der Waals surface area contributed by atoms with Crippen molar-refractivity contribution < 1.29 is 18.7 Å². The number of rotatable bonds is 5. The Morgan fingerprint density at radius 1 is 1.04 bits per heavy atom. The summed E-state index contributed by atoms with van der Waals surface area (Å²) in [5, 5.41) is 14.8. The summed E-state index contributed by atoms with van der Waals surface area (Å²) in [5.41, 5.74) is 4.98. The maximum atomic E-state index is 14.6. The summed E-state index contributed by atoms with van der Waals surface area (Å²) in [6, 6.07) is 15.3. The van der Waals surface area contributed by atoms with Crippen LogP contribution in [-0.2, 0) is 18.2 Å². The van der Waals surface area contributed by atoms with Crippen molar-refractivity contribution in [3.05, 3.63) is 88.9 Å². The third-order valence-corrected chi connectivity index (χ3v) is 10.7. The highest BCUT2D eigenvalue weighted by Gasteiger charge is 2.45. The fourth-order valence-corrected chi connectivity index (χ4v) is 8.20. The lowest BCUT2D eigenvalue weighted by Crippen LogP contribution is -2.59. The molecule has 1 spiro atoms. The molecule has 6 heterocycles. The fourth-order valence-electron chi connectivity index (χ4n) is 6.94. The number of hydrogen-bond acceptors (Lipinski definition) is 9. The van der Waals surface area contributed by atoms with E-state index in [1.165, 1.54) is 23.5 Å². The minimum atomic E-state index is -0.423. The van der Waals surface area contributed by atoms with Crippen LogP contribution in [0.4, 0.5) is 21.6 Å². The lowest BCUT2D eigenvalue weighted by atomic mass is 9.73. The number of fused-ring (bicyclic) bond motifs is 3. The maximum Gasteiger partial charge on any atom is 0.259 e. The van der Waals surface area contributed by atoms with Crippen molar-refractivity contribution in [2.24, 2.45) is 12.5 Å². The van der Waals surface area contributed by atoms with Gasteiger partial charge >= 0.3 is 0 Å². The van der Waals surface area contributed by atoms with Crippen LogP contribution in [0.5, 0.6) is 0 Å². The van der Waals surface area contributed by atoms with Gasteiger partial charge < -0.3 is 19.9 Å². The van der Waals surface area contributed by atoms with E-state index in [-0.39, 0.29) is 17.2 Å². The summed E-state index contributed by atoms with van der Waals surface area (Å²) in [4.78, 5) is 37.8. The zero-order valence-electron chi connectivity index (χ0n) is 26.6. The van der Waals surface area contributed by atoms with Crippen molar-refractivity contribution in [3.63, 3.8) is 0 Å². The van der Waals surface area contributed by atoms with E-state index < -0.39 is 5.82 Å². The average molecular weight is 665 g/mol. The smallest absolute Gasteiger partial charge is 0.259 e. The van der Waals surface area contributed by atoms with Gasteiger partial charge in [0.2, 0.25) is 0 Å². The third kappa shape index (κ3) is 5.42. The minimum absolute atomic E-state index is 0.240. The Labute approximate surface area is 280 Å². The number of amides is 2. The minimum Gasteiger partial charge on any atom is -0.381 e. The van der Waals surface area contributed by atoms with E-state index in [0.29, 0.717) is 47.1 Å². The molecule has 2 amide bonds. The molecule has 3 aliphatic rings. The number of aromatic nitrogens is 5. The molecular weight excluding hydrogens is 632 g/mol. The topological polar surface area (TPSA) is 118 Å². The van der Waals surface area contributed by atoms with Gasteiger partial charge in [0.25, 0.3) is 11.8 Å². The number of hydrogen-bond donors (Lipinski definition) is 1. The van der Waals surface area contributed by atoms with E-state index >= 15 is 0 Å². The van der Waals surface area contributed by atoms with E-state index in [4.69, 9.17) is 4.74 Å². The lowest BCUT2D eigenvalue weighted by Gasteiger charge is -2.53. The number of ether oxygens (including phenoxy) is 1. The Balaban J connectivity index is 1.01. The Bertz CT molecular complexity index is 2040. The van der Waals surface area contributed by atoms with Gasteiger partial charge in [0.1, 0.15) is 11.6 Å². The van der Waals surface area contributed by atoms with Gasteiger partial charge in [-0.3, -0.25) is 9.59 Å². The first-order valence-corrected chi connectivity index (χ1v) is 16.8. The van der Waals surface area contributed by atoms with E-state index in [2.05, 4.69) is 30.7 Å². The number of nitrogens with zero attached hydrogens (tertiary/aromatic N) is 7. The van der Waals surface area contributed by atoms with Gasteiger partial charge in [-0.25, -0.2) is 14.1 Å². The molecule has 8 rings (SSSR count). The van der Waals surface area contributed by atoms with Gasteiger partial charge in [-0.2, -0.15) is 0 Å². The first kappa shape index (κ1) is 30.3.